The predicted octanol–water partition coefficient (Wildman–Crippen LogP) is 2.83. The molecule has 0 heterocycles. The minimum Gasteiger partial charge on any atom is -0.393 e. The second kappa shape index (κ2) is 3.37. The van der Waals surface area contributed by atoms with Gasteiger partial charge in [-0.1, -0.05) is 27.7 Å². The molecule has 1 heteroatoms. The fourth-order valence-corrected chi connectivity index (χ4v) is 2.17. The predicted molar refractivity (Wildman–Crippen MR) is 52.0 cm³/mol. The summed E-state index contributed by atoms with van der Waals surface area (Å²) in [5.41, 5.74) is 0.425. The van der Waals surface area contributed by atoms with Gasteiger partial charge in [0.2, 0.25) is 0 Å². The Bertz CT molecular complexity index is 146. The maximum absolute atomic E-state index is 9.56. The molecule has 0 bridgehead atoms. The van der Waals surface area contributed by atoms with Crippen LogP contribution in [0.3, 0.4) is 0 Å². The van der Waals surface area contributed by atoms with Gasteiger partial charge in [-0.15, -0.1) is 0 Å². The first-order valence-electron chi connectivity index (χ1n) is 5.09. The standard InChI is InChI=1S/C11H22O/c1-8-7-9(11(2,3)4)5-6-10(8)12/h8-10,12H,5-7H2,1-4H3/t8-,9+,10+/m1/s1. The molecule has 0 aliphatic heterocycles. The van der Waals surface area contributed by atoms with Crippen LogP contribution < -0.4 is 0 Å². The summed E-state index contributed by atoms with van der Waals surface area (Å²) in [5.74, 6) is 1.30. The molecule has 1 rings (SSSR count). The summed E-state index contributed by atoms with van der Waals surface area (Å²) in [4.78, 5) is 0. The number of aliphatic hydroxyl groups is 1. The van der Waals surface area contributed by atoms with Gasteiger partial charge in [0.05, 0.1) is 6.10 Å². The molecule has 1 N–H and O–H groups in total. The molecule has 12 heavy (non-hydrogen) atoms. The minimum atomic E-state index is -0.0383. The van der Waals surface area contributed by atoms with Crippen LogP contribution in [0.1, 0.15) is 47.0 Å². The van der Waals surface area contributed by atoms with Crippen LogP contribution in [0.2, 0.25) is 0 Å². The first-order chi connectivity index (χ1) is 5.41. The number of hydrogen-bond donors (Lipinski definition) is 1. The number of hydrogen-bond acceptors (Lipinski definition) is 1. The summed E-state index contributed by atoms with van der Waals surface area (Å²) >= 11 is 0. The normalized spacial score (nSPS) is 38.2. The van der Waals surface area contributed by atoms with Gasteiger partial charge in [-0.2, -0.15) is 0 Å². The third-order valence-electron chi connectivity index (χ3n) is 3.35. The van der Waals surface area contributed by atoms with E-state index in [9.17, 15) is 5.11 Å². The van der Waals surface area contributed by atoms with Crippen molar-refractivity contribution in [3.05, 3.63) is 0 Å². The van der Waals surface area contributed by atoms with E-state index in [0.717, 1.165) is 12.3 Å². The van der Waals surface area contributed by atoms with Gasteiger partial charge in [0.1, 0.15) is 0 Å². The molecule has 0 spiro atoms. The summed E-state index contributed by atoms with van der Waals surface area (Å²) in [6.45, 7) is 9.09. The van der Waals surface area contributed by atoms with Gasteiger partial charge < -0.3 is 5.11 Å². The second-order valence-corrected chi connectivity index (χ2v) is 5.42. The van der Waals surface area contributed by atoms with E-state index in [0.29, 0.717) is 11.3 Å². The van der Waals surface area contributed by atoms with E-state index in [4.69, 9.17) is 0 Å². The van der Waals surface area contributed by atoms with Crippen LogP contribution in [0, 0.1) is 17.3 Å². The van der Waals surface area contributed by atoms with E-state index >= 15 is 0 Å². The van der Waals surface area contributed by atoms with Crippen molar-refractivity contribution >= 4 is 0 Å². The summed E-state index contributed by atoms with van der Waals surface area (Å²) in [5, 5.41) is 9.56. The van der Waals surface area contributed by atoms with Crippen molar-refractivity contribution in [1.82, 2.24) is 0 Å². The Morgan fingerprint density at radius 2 is 1.75 bits per heavy atom. The fourth-order valence-electron chi connectivity index (χ4n) is 2.17. The average Bonchev–Trinajstić information content (AvgIpc) is 1.92. The molecular weight excluding hydrogens is 148 g/mol. The van der Waals surface area contributed by atoms with E-state index in [2.05, 4.69) is 27.7 Å². The van der Waals surface area contributed by atoms with E-state index in [1.807, 2.05) is 0 Å². The quantitative estimate of drug-likeness (QED) is 0.592. The van der Waals surface area contributed by atoms with Crippen LogP contribution in [0.5, 0.6) is 0 Å². The Kier molecular flexibility index (Phi) is 2.82. The van der Waals surface area contributed by atoms with Crippen LogP contribution in [-0.2, 0) is 0 Å². The third kappa shape index (κ3) is 2.22. The number of rotatable bonds is 0. The fraction of sp³-hybridized carbons (Fsp3) is 1.00. The van der Waals surface area contributed by atoms with Crippen molar-refractivity contribution in [3.8, 4) is 0 Å². The van der Waals surface area contributed by atoms with E-state index in [-0.39, 0.29) is 6.10 Å². The Balaban J connectivity index is 2.51. The highest BCUT2D eigenvalue weighted by Crippen LogP contribution is 2.39. The molecule has 0 unspecified atom stereocenters. The van der Waals surface area contributed by atoms with Crippen molar-refractivity contribution in [2.45, 2.75) is 53.1 Å². The first-order valence-corrected chi connectivity index (χ1v) is 5.09. The Morgan fingerprint density at radius 1 is 1.17 bits per heavy atom. The highest BCUT2D eigenvalue weighted by atomic mass is 16.3. The monoisotopic (exact) mass is 170 g/mol. The molecule has 1 nitrogen and oxygen atoms in total. The lowest BCUT2D eigenvalue weighted by Crippen LogP contribution is -2.33. The number of aliphatic hydroxyl groups excluding tert-OH is 1. The van der Waals surface area contributed by atoms with E-state index < -0.39 is 0 Å². The smallest absolute Gasteiger partial charge is 0.0566 e. The van der Waals surface area contributed by atoms with Crippen LogP contribution in [0.4, 0.5) is 0 Å². The maximum atomic E-state index is 9.56. The second-order valence-electron chi connectivity index (χ2n) is 5.42. The molecular formula is C11H22O. The maximum Gasteiger partial charge on any atom is 0.0566 e. The summed E-state index contributed by atoms with van der Waals surface area (Å²) < 4.78 is 0. The van der Waals surface area contributed by atoms with Crippen molar-refractivity contribution < 1.29 is 5.11 Å². The SMILES string of the molecule is C[C@@H]1C[C@@H](C(C)(C)C)CC[C@@H]1O. The lowest BCUT2D eigenvalue weighted by molar-refractivity contribution is 0.0274. The lowest BCUT2D eigenvalue weighted by atomic mass is 9.69. The lowest BCUT2D eigenvalue weighted by Gasteiger charge is -2.38. The molecule has 0 saturated heterocycles. The molecule has 3 atom stereocenters. The van der Waals surface area contributed by atoms with Crippen molar-refractivity contribution in [1.29, 1.82) is 0 Å². The largest absolute Gasteiger partial charge is 0.393 e. The molecule has 0 radical (unpaired) electrons. The van der Waals surface area contributed by atoms with Crippen LogP contribution in [-0.4, -0.2) is 11.2 Å². The van der Waals surface area contributed by atoms with Gasteiger partial charge in [0.25, 0.3) is 0 Å². The van der Waals surface area contributed by atoms with Crippen LogP contribution in [0.25, 0.3) is 0 Å². The highest BCUT2D eigenvalue weighted by molar-refractivity contribution is 4.83. The molecule has 1 fully saturated rings. The molecule has 0 aromatic carbocycles. The van der Waals surface area contributed by atoms with Crippen LogP contribution >= 0.6 is 0 Å². The van der Waals surface area contributed by atoms with Gasteiger partial charge in [-0.25, -0.2) is 0 Å². The molecule has 0 aromatic rings. The topological polar surface area (TPSA) is 20.2 Å². The molecule has 0 aromatic heterocycles. The Labute approximate surface area is 76.2 Å². The Morgan fingerprint density at radius 3 is 2.17 bits per heavy atom. The third-order valence-corrected chi connectivity index (χ3v) is 3.35. The highest BCUT2D eigenvalue weighted by Gasteiger charge is 2.32. The summed E-state index contributed by atoms with van der Waals surface area (Å²) in [6.07, 6.45) is 3.37. The zero-order valence-corrected chi connectivity index (χ0v) is 8.80. The van der Waals surface area contributed by atoms with Gasteiger partial charge in [0.15, 0.2) is 0 Å². The Hall–Kier alpha value is -0.0400. The summed E-state index contributed by atoms with van der Waals surface area (Å²) in [7, 11) is 0. The molecule has 0 amide bonds. The minimum absolute atomic E-state index is 0.0383. The summed E-state index contributed by atoms with van der Waals surface area (Å²) in [6, 6.07) is 0. The average molecular weight is 170 g/mol. The molecule has 72 valence electrons. The van der Waals surface area contributed by atoms with Crippen LogP contribution in [0.15, 0.2) is 0 Å². The molecule has 1 aliphatic carbocycles. The van der Waals surface area contributed by atoms with E-state index in [1.165, 1.54) is 12.8 Å². The zero-order valence-electron chi connectivity index (χ0n) is 8.80. The van der Waals surface area contributed by atoms with Gasteiger partial charge in [0, 0.05) is 0 Å². The van der Waals surface area contributed by atoms with Crippen molar-refractivity contribution in [2.24, 2.45) is 17.3 Å². The van der Waals surface area contributed by atoms with Crippen molar-refractivity contribution in [2.75, 3.05) is 0 Å². The zero-order chi connectivity index (χ0) is 9.35. The van der Waals surface area contributed by atoms with Gasteiger partial charge in [-0.05, 0) is 36.5 Å². The van der Waals surface area contributed by atoms with E-state index in [1.54, 1.807) is 0 Å². The van der Waals surface area contributed by atoms with Gasteiger partial charge >= 0.3 is 0 Å². The molecule has 1 aliphatic rings. The van der Waals surface area contributed by atoms with Gasteiger partial charge in [-0.3, -0.25) is 0 Å². The van der Waals surface area contributed by atoms with Crippen molar-refractivity contribution in [3.63, 3.8) is 0 Å². The molecule has 1 saturated carbocycles. The first kappa shape index (κ1) is 10.0.